The Labute approximate surface area is 171 Å². The topological polar surface area (TPSA) is 61.7 Å². The molecule has 7 nitrogen and oxygen atoms in total. The van der Waals surface area contributed by atoms with Crippen LogP contribution in [0.3, 0.4) is 0 Å². The molecule has 3 heterocycles. The van der Waals surface area contributed by atoms with E-state index in [9.17, 15) is 9.59 Å². The van der Waals surface area contributed by atoms with E-state index in [-0.39, 0.29) is 23.8 Å². The molecular formula is C22H29N5O2. The van der Waals surface area contributed by atoms with E-state index >= 15 is 0 Å². The molecule has 2 fully saturated rings. The van der Waals surface area contributed by atoms with Gasteiger partial charge in [-0.15, -0.1) is 0 Å². The minimum atomic E-state index is -0.187. The molecule has 1 aromatic carbocycles. The summed E-state index contributed by atoms with van der Waals surface area (Å²) >= 11 is 0. The molecule has 2 atom stereocenters. The third kappa shape index (κ3) is 3.92. The van der Waals surface area contributed by atoms with E-state index < -0.39 is 0 Å². The second-order valence-electron chi connectivity index (χ2n) is 7.90. The zero-order valence-electron chi connectivity index (χ0n) is 17.2. The second-order valence-corrected chi connectivity index (χ2v) is 7.90. The number of hydrogen-bond acceptors (Lipinski definition) is 4. The first-order valence-electron chi connectivity index (χ1n) is 10.4. The molecule has 4 rings (SSSR count). The highest BCUT2D eigenvalue weighted by atomic mass is 16.2. The number of imidazole rings is 1. The summed E-state index contributed by atoms with van der Waals surface area (Å²) in [6, 6.07) is 10.5. The van der Waals surface area contributed by atoms with E-state index in [1.807, 2.05) is 37.3 Å². The molecule has 2 aromatic rings. The molecule has 2 aliphatic rings. The lowest BCUT2D eigenvalue weighted by Crippen LogP contribution is -2.51. The quantitative estimate of drug-likeness (QED) is 0.770. The molecule has 29 heavy (non-hydrogen) atoms. The van der Waals surface area contributed by atoms with E-state index in [1.54, 1.807) is 4.90 Å². The van der Waals surface area contributed by atoms with E-state index in [0.29, 0.717) is 32.6 Å². The lowest BCUT2D eigenvalue weighted by atomic mass is 10.0. The normalized spacial score (nSPS) is 21.6. The summed E-state index contributed by atoms with van der Waals surface area (Å²) in [6.07, 6.45) is 4.16. The van der Waals surface area contributed by atoms with Crippen molar-refractivity contribution in [2.45, 2.75) is 19.4 Å². The zero-order valence-corrected chi connectivity index (χ0v) is 17.2. The van der Waals surface area contributed by atoms with Gasteiger partial charge in [0.15, 0.2) is 0 Å². The fourth-order valence-corrected chi connectivity index (χ4v) is 4.50. The van der Waals surface area contributed by atoms with Crippen LogP contribution in [-0.4, -0.2) is 75.3 Å². The number of rotatable bonds is 5. The van der Waals surface area contributed by atoms with Crippen LogP contribution >= 0.6 is 0 Å². The van der Waals surface area contributed by atoms with Crippen molar-refractivity contribution in [1.29, 1.82) is 0 Å². The maximum Gasteiger partial charge on any atom is 0.228 e. The monoisotopic (exact) mass is 395 g/mol. The molecule has 2 aliphatic heterocycles. The number of hydrogen-bond donors (Lipinski definition) is 0. The van der Waals surface area contributed by atoms with Crippen LogP contribution < -0.4 is 0 Å². The van der Waals surface area contributed by atoms with Crippen LogP contribution in [-0.2, 0) is 16.6 Å². The van der Waals surface area contributed by atoms with Crippen molar-refractivity contribution in [3.05, 3.63) is 54.1 Å². The van der Waals surface area contributed by atoms with Gasteiger partial charge < -0.3 is 14.4 Å². The summed E-state index contributed by atoms with van der Waals surface area (Å²) in [6.45, 7) is 6.15. The van der Waals surface area contributed by atoms with Gasteiger partial charge in [0.2, 0.25) is 11.8 Å². The van der Waals surface area contributed by atoms with E-state index in [2.05, 4.69) is 38.7 Å². The van der Waals surface area contributed by atoms with Crippen LogP contribution in [0.5, 0.6) is 0 Å². The van der Waals surface area contributed by atoms with Crippen LogP contribution in [0.2, 0.25) is 0 Å². The Balaban J connectivity index is 1.45. The number of carbonyl (C=O) groups is 2. The molecule has 0 aliphatic carbocycles. The van der Waals surface area contributed by atoms with Crippen LogP contribution in [0, 0.1) is 5.92 Å². The Morgan fingerprint density at radius 2 is 1.90 bits per heavy atom. The number of aromatic nitrogens is 2. The van der Waals surface area contributed by atoms with Gasteiger partial charge in [-0.25, -0.2) is 4.98 Å². The van der Waals surface area contributed by atoms with Crippen LogP contribution in [0.4, 0.5) is 0 Å². The smallest absolute Gasteiger partial charge is 0.228 e. The molecule has 2 saturated heterocycles. The van der Waals surface area contributed by atoms with Crippen molar-refractivity contribution in [2.24, 2.45) is 13.0 Å². The average Bonchev–Trinajstić information content (AvgIpc) is 3.34. The third-order valence-electron chi connectivity index (χ3n) is 6.15. The Bertz CT molecular complexity index is 857. The Hall–Kier alpha value is -2.67. The number of aryl methyl sites for hydroxylation is 1. The molecule has 0 spiro atoms. The van der Waals surface area contributed by atoms with Crippen molar-refractivity contribution < 1.29 is 9.59 Å². The van der Waals surface area contributed by atoms with Gasteiger partial charge in [0.1, 0.15) is 5.82 Å². The van der Waals surface area contributed by atoms with Gasteiger partial charge in [0.05, 0.1) is 12.0 Å². The Kier molecular flexibility index (Phi) is 5.67. The standard InChI is InChI=1S/C22H29N5O2/c1-3-25-16-18(15-19(25)28)22(29)27-13-11-26(12-14-27)20(17-7-5-4-6-8-17)21-23-9-10-24(21)2/h4-10,18,20H,3,11-16H2,1-2H3/t18-,20+/m0/s1. The van der Waals surface area contributed by atoms with Gasteiger partial charge in [0, 0.05) is 65.1 Å². The fourth-order valence-electron chi connectivity index (χ4n) is 4.50. The van der Waals surface area contributed by atoms with Gasteiger partial charge in [-0.3, -0.25) is 14.5 Å². The molecular weight excluding hydrogens is 366 g/mol. The van der Waals surface area contributed by atoms with E-state index in [0.717, 1.165) is 18.9 Å². The largest absolute Gasteiger partial charge is 0.342 e. The van der Waals surface area contributed by atoms with Crippen LogP contribution in [0.1, 0.15) is 30.8 Å². The van der Waals surface area contributed by atoms with Crippen molar-refractivity contribution in [3.8, 4) is 0 Å². The van der Waals surface area contributed by atoms with Gasteiger partial charge in [-0.05, 0) is 12.5 Å². The minimum absolute atomic E-state index is 0.0668. The molecule has 0 unspecified atom stereocenters. The second kappa shape index (κ2) is 8.37. The number of benzene rings is 1. The number of amides is 2. The number of piperazine rings is 1. The molecule has 0 saturated carbocycles. The summed E-state index contributed by atoms with van der Waals surface area (Å²) in [7, 11) is 2.02. The highest BCUT2D eigenvalue weighted by Gasteiger charge is 2.37. The summed E-state index contributed by atoms with van der Waals surface area (Å²) in [5.74, 6) is 1.05. The average molecular weight is 396 g/mol. The van der Waals surface area contributed by atoms with Gasteiger partial charge >= 0.3 is 0 Å². The van der Waals surface area contributed by atoms with Crippen LogP contribution in [0.15, 0.2) is 42.7 Å². The minimum Gasteiger partial charge on any atom is -0.342 e. The molecule has 154 valence electrons. The Morgan fingerprint density at radius 1 is 1.17 bits per heavy atom. The highest BCUT2D eigenvalue weighted by Crippen LogP contribution is 2.29. The summed E-state index contributed by atoms with van der Waals surface area (Å²) in [5, 5.41) is 0. The molecule has 7 heteroatoms. The predicted molar refractivity (Wildman–Crippen MR) is 110 cm³/mol. The van der Waals surface area contributed by atoms with Crippen molar-refractivity contribution >= 4 is 11.8 Å². The molecule has 0 radical (unpaired) electrons. The zero-order chi connectivity index (χ0) is 20.4. The maximum atomic E-state index is 12.9. The van der Waals surface area contributed by atoms with Crippen molar-refractivity contribution in [3.63, 3.8) is 0 Å². The van der Waals surface area contributed by atoms with Crippen molar-refractivity contribution in [2.75, 3.05) is 39.3 Å². The first kappa shape index (κ1) is 19.6. The maximum absolute atomic E-state index is 12.9. The number of nitrogens with zero attached hydrogens (tertiary/aromatic N) is 5. The molecule has 0 N–H and O–H groups in total. The number of likely N-dealkylation sites (tertiary alicyclic amines) is 1. The lowest BCUT2D eigenvalue weighted by molar-refractivity contribution is -0.137. The summed E-state index contributed by atoms with van der Waals surface area (Å²) < 4.78 is 2.07. The first-order chi connectivity index (χ1) is 14.1. The first-order valence-corrected chi connectivity index (χ1v) is 10.4. The molecule has 1 aromatic heterocycles. The lowest BCUT2D eigenvalue weighted by Gasteiger charge is -2.39. The SMILES string of the molecule is CCN1C[C@@H](C(=O)N2CCN([C@H](c3ccccc3)c3nccn3C)CC2)CC1=O. The third-order valence-corrected chi connectivity index (χ3v) is 6.15. The molecule has 2 amide bonds. The van der Waals surface area contributed by atoms with Gasteiger partial charge in [-0.1, -0.05) is 30.3 Å². The van der Waals surface area contributed by atoms with E-state index in [1.165, 1.54) is 5.56 Å². The van der Waals surface area contributed by atoms with Gasteiger partial charge in [-0.2, -0.15) is 0 Å². The van der Waals surface area contributed by atoms with Gasteiger partial charge in [0.25, 0.3) is 0 Å². The van der Waals surface area contributed by atoms with Crippen LogP contribution in [0.25, 0.3) is 0 Å². The fraction of sp³-hybridized carbons (Fsp3) is 0.500. The summed E-state index contributed by atoms with van der Waals surface area (Å²) in [5.41, 5.74) is 1.21. The Morgan fingerprint density at radius 3 is 2.48 bits per heavy atom. The number of carbonyl (C=O) groups excluding carboxylic acids is 2. The summed E-state index contributed by atoms with van der Waals surface area (Å²) in [4.78, 5) is 35.7. The van der Waals surface area contributed by atoms with Crippen molar-refractivity contribution in [1.82, 2.24) is 24.3 Å². The van der Waals surface area contributed by atoms with E-state index in [4.69, 9.17) is 0 Å². The predicted octanol–water partition coefficient (Wildman–Crippen LogP) is 1.52. The highest BCUT2D eigenvalue weighted by molar-refractivity contribution is 5.89. The molecule has 0 bridgehead atoms.